The fourth-order valence-electron chi connectivity index (χ4n) is 3.00. The molecular formula is C18H30N2O. The number of ether oxygens (including phenoxy) is 1. The molecule has 1 unspecified atom stereocenters. The molecule has 0 spiro atoms. The quantitative estimate of drug-likeness (QED) is 0.835. The van der Waals surface area contributed by atoms with E-state index in [4.69, 9.17) is 4.74 Å². The van der Waals surface area contributed by atoms with Crippen molar-refractivity contribution in [3.05, 3.63) is 35.4 Å². The number of hydrogen-bond donors (Lipinski definition) is 1. The third-order valence-electron chi connectivity index (χ3n) is 4.25. The summed E-state index contributed by atoms with van der Waals surface area (Å²) < 4.78 is 5.54. The van der Waals surface area contributed by atoms with Gasteiger partial charge in [-0.3, -0.25) is 0 Å². The molecule has 1 fully saturated rings. The van der Waals surface area contributed by atoms with Crippen molar-refractivity contribution in [1.29, 1.82) is 0 Å². The summed E-state index contributed by atoms with van der Waals surface area (Å²) in [5.41, 5.74) is 2.85. The summed E-state index contributed by atoms with van der Waals surface area (Å²) in [6.07, 6.45) is 3.52. The van der Waals surface area contributed by atoms with Gasteiger partial charge in [-0.05, 0) is 43.9 Å². The number of benzene rings is 1. The first-order valence-electron chi connectivity index (χ1n) is 8.40. The average Bonchev–Trinajstić information content (AvgIpc) is 2.77. The van der Waals surface area contributed by atoms with Crippen LogP contribution in [0.15, 0.2) is 24.3 Å². The second-order valence-corrected chi connectivity index (χ2v) is 5.96. The molecule has 118 valence electrons. The van der Waals surface area contributed by atoms with Crippen molar-refractivity contribution in [2.75, 3.05) is 39.4 Å². The molecule has 1 aliphatic heterocycles. The minimum absolute atomic E-state index is 0.468. The molecular weight excluding hydrogens is 260 g/mol. The molecule has 1 aromatic rings. The van der Waals surface area contributed by atoms with Crippen LogP contribution in [0, 0.1) is 6.92 Å². The molecule has 1 aliphatic rings. The Labute approximate surface area is 129 Å². The van der Waals surface area contributed by atoms with Crippen LogP contribution in [0.5, 0.6) is 0 Å². The highest BCUT2D eigenvalue weighted by molar-refractivity contribution is 5.28. The van der Waals surface area contributed by atoms with Crippen molar-refractivity contribution in [3.8, 4) is 0 Å². The largest absolute Gasteiger partial charge is 0.380 e. The lowest BCUT2D eigenvalue weighted by atomic mass is 9.98. The Bertz CT molecular complexity index is 400. The first-order chi connectivity index (χ1) is 10.3. The van der Waals surface area contributed by atoms with E-state index in [0.29, 0.717) is 6.04 Å². The normalized spacial score (nSPS) is 18.4. The summed E-state index contributed by atoms with van der Waals surface area (Å²) in [4.78, 5) is 2.55. The molecule has 1 saturated heterocycles. The molecule has 0 saturated carbocycles. The van der Waals surface area contributed by atoms with Crippen molar-refractivity contribution in [2.24, 2.45) is 0 Å². The third-order valence-corrected chi connectivity index (χ3v) is 4.25. The van der Waals surface area contributed by atoms with Crippen LogP contribution in [0.1, 0.15) is 43.4 Å². The van der Waals surface area contributed by atoms with Crippen LogP contribution >= 0.6 is 0 Å². The zero-order chi connectivity index (χ0) is 14.9. The van der Waals surface area contributed by atoms with E-state index in [1.165, 1.54) is 30.5 Å². The van der Waals surface area contributed by atoms with E-state index in [9.17, 15) is 0 Å². The summed E-state index contributed by atoms with van der Waals surface area (Å²) in [6.45, 7) is 10.7. The lowest BCUT2D eigenvalue weighted by molar-refractivity contribution is 0.140. The van der Waals surface area contributed by atoms with Gasteiger partial charge in [0, 0.05) is 32.3 Å². The van der Waals surface area contributed by atoms with E-state index >= 15 is 0 Å². The lowest BCUT2D eigenvalue weighted by Gasteiger charge is -2.25. The minimum Gasteiger partial charge on any atom is -0.380 e. The van der Waals surface area contributed by atoms with Crippen molar-refractivity contribution < 1.29 is 4.74 Å². The highest BCUT2D eigenvalue weighted by atomic mass is 16.5. The maximum atomic E-state index is 5.54. The van der Waals surface area contributed by atoms with Gasteiger partial charge in [-0.1, -0.05) is 31.2 Å². The van der Waals surface area contributed by atoms with E-state index in [-0.39, 0.29) is 0 Å². The van der Waals surface area contributed by atoms with Crippen LogP contribution in [-0.4, -0.2) is 44.3 Å². The Morgan fingerprint density at radius 2 is 2.10 bits per heavy atom. The van der Waals surface area contributed by atoms with Gasteiger partial charge in [0.15, 0.2) is 0 Å². The van der Waals surface area contributed by atoms with Gasteiger partial charge in [-0.25, -0.2) is 0 Å². The molecule has 2 rings (SSSR count). The average molecular weight is 290 g/mol. The topological polar surface area (TPSA) is 24.5 Å². The fraction of sp³-hybridized carbons (Fsp3) is 0.667. The predicted octanol–water partition coefficient (Wildman–Crippen LogP) is 3.15. The van der Waals surface area contributed by atoms with Gasteiger partial charge in [-0.15, -0.1) is 0 Å². The Balaban J connectivity index is 1.94. The molecule has 0 amide bonds. The predicted molar refractivity (Wildman–Crippen MR) is 88.7 cm³/mol. The number of rotatable bonds is 7. The first-order valence-corrected chi connectivity index (χ1v) is 8.40. The van der Waals surface area contributed by atoms with Crippen LogP contribution in [0.3, 0.4) is 0 Å². The smallest absolute Gasteiger partial charge is 0.0593 e. The van der Waals surface area contributed by atoms with Gasteiger partial charge in [0.2, 0.25) is 0 Å². The van der Waals surface area contributed by atoms with Gasteiger partial charge in [0.25, 0.3) is 0 Å². The lowest BCUT2D eigenvalue weighted by Crippen LogP contribution is -2.32. The standard InChI is InChI=1S/C18H30N2O/c1-3-10-19-18(17-8-5-4-7-16(17)2)9-12-20-11-6-14-21-15-13-20/h4-5,7-8,18-19H,3,6,9-15H2,1-2H3. The molecule has 3 nitrogen and oxygen atoms in total. The summed E-state index contributed by atoms with van der Waals surface area (Å²) in [5.74, 6) is 0. The molecule has 0 radical (unpaired) electrons. The van der Waals surface area contributed by atoms with Gasteiger partial charge in [0.05, 0.1) is 6.61 Å². The molecule has 1 heterocycles. The highest BCUT2D eigenvalue weighted by Gasteiger charge is 2.15. The molecule has 21 heavy (non-hydrogen) atoms. The third kappa shape index (κ3) is 5.42. The SMILES string of the molecule is CCCNC(CCN1CCCOCC1)c1ccccc1C. The van der Waals surface area contributed by atoms with E-state index in [2.05, 4.69) is 48.3 Å². The summed E-state index contributed by atoms with van der Waals surface area (Å²) >= 11 is 0. The number of nitrogens with one attached hydrogen (secondary N) is 1. The summed E-state index contributed by atoms with van der Waals surface area (Å²) in [6, 6.07) is 9.24. The van der Waals surface area contributed by atoms with E-state index in [1.54, 1.807) is 0 Å². The van der Waals surface area contributed by atoms with E-state index in [0.717, 1.165) is 39.3 Å². The zero-order valence-corrected chi connectivity index (χ0v) is 13.6. The van der Waals surface area contributed by atoms with Gasteiger partial charge < -0.3 is 15.0 Å². The fourth-order valence-corrected chi connectivity index (χ4v) is 3.00. The molecule has 0 aliphatic carbocycles. The van der Waals surface area contributed by atoms with E-state index in [1.807, 2.05) is 0 Å². The van der Waals surface area contributed by atoms with E-state index < -0.39 is 0 Å². The number of aryl methyl sites for hydroxylation is 1. The highest BCUT2D eigenvalue weighted by Crippen LogP contribution is 2.21. The summed E-state index contributed by atoms with van der Waals surface area (Å²) in [5, 5.41) is 3.72. The maximum Gasteiger partial charge on any atom is 0.0593 e. The molecule has 1 atom stereocenters. The molecule has 1 aromatic carbocycles. The Hall–Kier alpha value is -0.900. The maximum absolute atomic E-state index is 5.54. The molecule has 0 bridgehead atoms. The van der Waals surface area contributed by atoms with Crippen molar-refractivity contribution in [2.45, 2.75) is 39.2 Å². The van der Waals surface area contributed by atoms with Gasteiger partial charge >= 0.3 is 0 Å². The van der Waals surface area contributed by atoms with Crippen LogP contribution in [0.4, 0.5) is 0 Å². The molecule has 1 N–H and O–H groups in total. The Kier molecular flexibility index (Phi) is 7.20. The van der Waals surface area contributed by atoms with Gasteiger partial charge in [-0.2, -0.15) is 0 Å². The Morgan fingerprint density at radius 1 is 1.24 bits per heavy atom. The monoisotopic (exact) mass is 290 g/mol. The second kappa shape index (κ2) is 9.19. The van der Waals surface area contributed by atoms with Crippen molar-refractivity contribution >= 4 is 0 Å². The van der Waals surface area contributed by atoms with Crippen molar-refractivity contribution in [1.82, 2.24) is 10.2 Å². The van der Waals surface area contributed by atoms with Crippen LogP contribution < -0.4 is 5.32 Å². The molecule has 0 aromatic heterocycles. The van der Waals surface area contributed by atoms with Gasteiger partial charge in [0.1, 0.15) is 0 Å². The van der Waals surface area contributed by atoms with Crippen LogP contribution in [-0.2, 0) is 4.74 Å². The second-order valence-electron chi connectivity index (χ2n) is 5.96. The minimum atomic E-state index is 0.468. The van der Waals surface area contributed by atoms with Crippen LogP contribution in [0.25, 0.3) is 0 Å². The number of nitrogens with zero attached hydrogens (tertiary/aromatic N) is 1. The molecule has 3 heteroatoms. The first kappa shape index (κ1) is 16.5. The van der Waals surface area contributed by atoms with Crippen molar-refractivity contribution in [3.63, 3.8) is 0 Å². The zero-order valence-electron chi connectivity index (χ0n) is 13.6. The van der Waals surface area contributed by atoms with Crippen LogP contribution in [0.2, 0.25) is 0 Å². The number of hydrogen-bond acceptors (Lipinski definition) is 3. The Morgan fingerprint density at radius 3 is 2.90 bits per heavy atom. The summed E-state index contributed by atoms with van der Waals surface area (Å²) in [7, 11) is 0.